The minimum atomic E-state index is -0.426. The van der Waals surface area contributed by atoms with Crippen molar-refractivity contribution >= 4 is 11.6 Å². The number of rotatable bonds is 7. The molecule has 0 aliphatic rings. The highest BCUT2D eigenvalue weighted by Crippen LogP contribution is 2.30. The lowest BCUT2D eigenvalue weighted by Crippen LogP contribution is -2.28. The zero-order chi connectivity index (χ0) is 20.1. The van der Waals surface area contributed by atoms with Crippen LogP contribution in [0.4, 0.5) is 4.39 Å². The van der Waals surface area contributed by atoms with Gasteiger partial charge in [0.1, 0.15) is 11.5 Å². The predicted molar refractivity (Wildman–Crippen MR) is 111 cm³/mol. The maximum atomic E-state index is 14.6. The number of hydrogen-bond acceptors (Lipinski definition) is 2. The first-order chi connectivity index (χ1) is 14.2. The fourth-order valence-electron chi connectivity index (χ4n) is 3.59. The Hall–Kier alpha value is -3.47. The normalized spacial score (nSPS) is 12.0. The monoisotopic (exact) mass is 387 g/mol. The molecular weight excluding hydrogens is 365 g/mol. The largest absolute Gasteiger partial charge is 0.356 e. The molecule has 0 bridgehead atoms. The number of imidazole rings is 1. The minimum absolute atomic E-state index is 0.111. The molecule has 4 rings (SSSR count). The van der Waals surface area contributed by atoms with Gasteiger partial charge >= 0.3 is 0 Å². The summed E-state index contributed by atoms with van der Waals surface area (Å²) in [7, 11) is 0. The van der Waals surface area contributed by atoms with Crippen LogP contribution >= 0.6 is 0 Å². The van der Waals surface area contributed by atoms with E-state index >= 15 is 0 Å². The summed E-state index contributed by atoms with van der Waals surface area (Å²) in [6.07, 6.45) is 4.52. The number of fused-ring (bicyclic) bond motifs is 1. The number of pyridine rings is 1. The van der Waals surface area contributed by atoms with E-state index in [0.29, 0.717) is 12.1 Å². The van der Waals surface area contributed by atoms with E-state index in [0.717, 1.165) is 17.8 Å². The van der Waals surface area contributed by atoms with E-state index in [-0.39, 0.29) is 18.1 Å². The third-order valence-corrected chi connectivity index (χ3v) is 5.05. The Bertz CT molecular complexity index is 1110. The maximum Gasteiger partial charge on any atom is 0.221 e. The molecular formula is C24H22FN3O. The van der Waals surface area contributed by atoms with Crippen LogP contribution < -0.4 is 5.32 Å². The van der Waals surface area contributed by atoms with Crippen molar-refractivity contribution in [2.45, 2.75) is 18.8 Å². The molecule has 1 unspecified atom stereocenters. The standard InChI is InChI=1S/C24H22FN3O/c25-21-11-5-4-10-19(21)20(22-17-27-23-12-6-7-15-28(22)23)16-24(29)26-14-13-18-8-2-1-3-9-18/h1-12,15,17,20H,13-14,16H2,(H,26,29). The zero-order valence-electron chi connectivity index (χ0n) is 16.0. The van der Waals surface area contributed by atoms with Crippen LogP contribution in [0, 0.1) is 5.82 Å². The molecule has 0 fully saturated rings. The maximum absolute atomic E-state index is 14.6. The van der Waals surface area contributed by atoms with Gasteiger partial charge in [-0.1, -0.05) is 54.6 Å². The van der Waals surface area contributed by atoms with Gasteiger partial charge in [0, 0.05) is 31.3 Å². The lowest BCUT2D eigenvalue weighted by molar-refractivity contribution is -0.121. The molecule has 0 spiro atoms. The van der Waals surface area contributed by atoms with Crippen LogP contribution in [-0.2, 0) is 11.2 Å². The summed E-state index contributed by atoms with van der Waals surface area (Å²) in [5.41, 5.74) is 3.23. The molecule has 2 aromatic heterocycles. The van der Waals surface area contributed by atoms with Gasteiger partial charge in [-0.15, -0.1) is 0 Å². The number of benzene rings is 2. The van der Waals surface area contributed by atoms with Crippen molar-refractivity contribution in [2.75, 3.05) is 6.54 Å². The van der Waals surface area contributed by atoms with Crippen molar-refractivity contribution in [1.82, 2.24) is 14.7 Å². The van der Waals surface area contributed by atoms with E-state index in [1.54, 1.807) is 24.4 Å². The van der Waals surface area contributed by atoms with Crippen LogP contribution in [0.25, 0.3) is 5.65 Å². The number of halogens is 1. The van der Waals surface area contributed by atoms with Crippen LogP contribution in [0.2, 0.25) is 0 Å². The molecule has 146 valence electrons. The zero-order valence-corrected chi connectivity index (χ0v) is 16.0. The average Bonchev–Trinajstić information content (AvgIpc) is 3.17. The van der Waals surface area contributed by atoms with Crippen LogP contribution in [0.15, 0.2) is 85.2 Å². The molecule has 5 heteroatoms. The number of hydrogen-bond donors (Lipinski definition) is 1. The van der Waals surface area contributed by atoms with Gasteiger partial charge in [-0.3, -0.25) is 4.79 Å². The van der Waals surface area contributed by atoms with Crippen LogP contribution in [-0.4, -0.2) is 21.8 Å². The Balaban J connectivity index is 1.54. The molecule has 4 aromatic rings. The molecule has 0 aliphatic heterocycles. The molecule has 0 saturated carbocycles. The van der Waals surface area contributed by atoms with Crippen molar-refractivity contribution in [3.05, 3.63) is 108 Å². The number of carbonyl (C=O) groups excluding carboxylic acids is 1. The smallest absolute Gasteiger partial charge is 0.221 e. The highest BCUT2D eigenvalue weighted by Gasteiger charge is 2.24. The first-order valence-corrected chi connectivity index (χ1v) is 9.69. The summed E-state index contributed by atoms with van der Waals surface area (Å²) in [4.78, 5) is 17.1. The van der Waals surface area contributed by atoms with Gasteiger partial charge in [0.15, 0.2) is 0 Å². The second kappa shape index (κ2) is 8.69. The first kappa shape index (κ1) is 18.9. The van der Waals surface area contributed by atoms with E-state index in [2.05, 4.69) is 10.3 Å². The van der Waals surface area contributed by atoms with E-state index in [9.17, 15) is 9.18 Å². The minimum Gasteiger partial charge on any atom is -0.356 e. The number of nitrogens with zero attached hydrogens (tertiary/aromatic N) is 2. The van der Waals surface area contributed by atoms with E-state index in [1.165, 1.54) is 11.6 Å². The topological polar surface area (TPSA) is 46.4 Å². The molecule has 29 heavy (non-hydrogen) atoms. The highest BCUT2D eigenvalue weighted by atomic mass is 19.1. The molecule has 0 aliphatic carbocycles. The lowest BCUT2D eigenvalue weighted by Gasteiger charge is -2.18. The SMILES string of the molecule is O=C(CC(c1ccccc1F)c1cnc2ccccn12)NCCc1ccccc1. The third-order valence-electron chi connectivity index (χ3n) is 5.05. The van der Waals surface area contributed by atoms with Gasteiger partial charge in [0.05, 0.1) is 5.69 Å². The van der Waals surface area contributed by atoms with Gasteiger partial charge < -0.3 is 9.72 Å². The Labute approximate surface area is 169 Å². The molecule has 1 atom stereocenters. The van der Waals surface area contributed by atoms with Crippen molar-refractivity contribution in [3.63, 3.8) is 0 Å². The van der Waals surface area contributed by atoms with Gasteiger partial charge in [0.2, 0.25) is 5.91 Å². The summed E-state index contributed by atoms with van der Waals surface area (Å²) in [5.74, 6) is -0.856. The van der Waals surface area contributed by atoms with E-state index < -0.39 is 5.92 Å². The van der Waals surface area contributed by atoms with Crippen LogP contribution in [0.5, 0.6) is 0 Å². The van der Waals surface area contributed by atoms with Gasteiger partial charge in [-0.25, -0.2) is 9.37 Å². The number of aromatic nitrogens is 2. The number of carbonyl (C=O) groups is 1. The molecule has 2 aromatic carbocycles. The second-order valence-electron chi connectivity index (χ2n) is 6.98. The molecule has 1 N–H and O–H groups in total. The Morgan fingerprint density at radius 2 is 1.76 bits per heavy atom. The molecule has 0 radical (unpaired) electrons. The van der Waals surface area contributed by atoms with Crippen molar-refractivity contribution in [1.29, 1.82) is 0 Å². The van der Waals surface area contributed by atoms with Crippen molar-refractivity contribution < 1.29 is 9.18 Å². The van der Waals surface area contributed by atoms with Crippen LogP contribution in [0.3, 0.4) is 0 Å². The van der Waals surface area contributed by atoms with Gasteiger partial charge in [0.25, 0.3) is 0 Å². The summed E-state index contributed by atoms with van der Waals surface area (Å²) < 4.78 is 16.5. The Morgan fingerprint density at radius 1 is 1.00 bits per heavy atom. The fraction of sp³-hybridized carbons (Fsp3) is 0.167. The lowest BCUT2D eigenvalue weighted by atomic mass is 9.92. The van der Waals surface area contributed by atoms with Crippen molar-refractivity contribution in [2.24, 2.45) is 0 Å². The average molecular weight is 387 g/mol. The summed E-state index contributed by atoms with van der Waals surface area (Å²) in [6, 6.07) is 22.3. The van der Waals surface area contributed by atoms with Crippen molar-refractivity contribution in [3.8, 4) is 0 Å². The predicted octanol–water partition coefficient (Wildman–Crippen LogP) is 4.35. The Kier molecular flexibility index (Phi) is 5.66. The molecule has 1 amide bonds. The van der Waals surface area contributed by atoms with E-state index in [1.807, 2.05) is 59.1 Å². The Morgan fingerprint density at radius 3 is 2.59 bits per heavy atom. The first-order valence-electron chi connectivity index (χ1n) is 9.69. The second-order valence-corrected chi connectivity index (χ2v) is 6.98. The summed E-state index contributed by atoms with van der Waals surface area (Å²) >= 11 is 0. The van der Waals surface area contributed by atoms with Gasteiger partial charge in [-0.2, -0.15) is 0 Å². The number of nitrogens with one attached hydrogen (secondary N) is 1. The summed E-state index contributed by atoms with van der Waals surface area (Å²) in [5, 5.41) is 2.97. The number of amides is 1. The van der Waals surface area contributed by atoms with Gasteiger partial charge in [-0.05, 0) is 35.7 Å². The molecule has 2 heterocycles. The molecule has 0 saturated heterocycles. The van der Waals surface area contributed by atoms with Crippen LogP contribution in [0.1, 0.15) is 29.2 Å². The summed E-state index contributed by atoms with van der Waals surface area (Å²) in [6.45, 7) is 0.542. The highest BCUT2D eigenvalue weighted by molar-refractivity contribution is 5.77. The van der Waals surface area contributed by atoms with E-state index in [4.69, 9.17) is 0 Å². The third kappa shape index (κ3) is 4.35. The fourth-order valence-corrected chi connectivity index (χ4v) is 3.59. The quantitative estimate of drug-likeness (QED) is 0.512. The molecule has 4 nitrogen and oxygen atoms in total.